The van der Waals surface area contributed by atoms with Crippen LogP contribution in [-0.2, 0) is 4.79 Å². The van der Waals surface area contributed by atoms with E-state index in [0.29, 0.717) is 5.41 Å². The summed E-state index contributed by atoms with van der Waals surface area (Å²) >= 11 is 0. The van der Waals surface area contributed by atoms with Crippen LogP contribution in [0.3, 0.4) is 0 Å². The van der Waals surface area contributed by atoms with Crippen LogP contribution in [0.15, 0.2) is 48.6 Å². The quantitative estimate of drug-likeness (QED) is 0.178. The molecule has 172 valence electrons. The first-order valence-electron chi connectivity index (χ1n) is 11.9. The number of rotatable bonds is 18. The molecule has 0 aromatic rings. The third-order valence-electron chi connectivity index (χ3n) is 5.17. The normalized spacial score (nSPS) is 13.9. The second kappa shape index (κ2) is 19.3. The van der Waals surface area contributed by atoms with Gasteiger partial charge in [0.05, 0.1) is 0 Å². The van der Waals surface area contributed by atoms with E-state index in [1.807, 2.05) is 6.92 Å². The highest BCUT2D eigenvalue weighted by molar-refractivity contribution is 5.78. The average Bonchev–Trinajstić information content (AvgIpc) is 2.72. The fourth-order valence-electron chi connectivity index (χ4n) is 3.13. The number of carbonyl (C=O) groups is 1. The van der Waals surface area contributed by atoms with Crippen molar-refractivity contribution in [3.63, 3.8) is 0 Å². The van der Waals surface area contributed by atoms with Gasteiger partial charge in [-0.2, -0.15) is 0 Å². The van der Waals surface area contributed by atoms with E-state index in [-0.39, 0.29) is 18.4 Å². The van der Waals surface area contributed by atoms with E-state index in [1.165, 1.54) is 32.1 Å². The molecule has 0 radical (unpaired) electrons. The Bertz CT molecular complexity index is 531. The van der Waals surface area contributed by atoms with Crippen LogP contribution in [0.25, 0.3) is 0 Å². The van der Waals surface area contributed by atoms with Crippen molar-refractivity contribution in [2.45, 2.75) is 91.9 Å². The third kappa shape index (κ3) is 18.4. The van der Waals surface area contributed by atoms with E-state index in [0.717, 1.165) is 32.1 Å². The summed E-state index contributed by atoms with van der Waals surface area (Å²) in [5, 5.41) is 2.58. The minimum atomic E-state index is -0.506. The Morgan fingerprint density at radius 2 is 1.53 bits per heavy atom. The van der Waals surface area contributed by atoms with Gasteiger partial charge in [0.25, 0.3) is 0 Å². The van der Waals surface area contributed by atoms with E-state index < -0.39 is 6.67 Å². The van der Waals surface area contributed by atoms with Gasteiger partial charge < -0.3 is 5.32 Å². The standard InChI is InChI=1S/C27H46FNO/c1-5-6-7-18-21-27(3,4)22-19-16-14-12-10-8-9-11-13-15-17-20-25(2)26(30)29-24-23-28/h8-9,12-15,19,22,25H,5-7,10-11,16-18,20-21,23-24H2,1-4H3,(H,29,30)/b9-8-,14-12-,15-13-,22-19-. The first kappa shape index (κ1) is 28.4. The van der Waals surface area contributed by atoms with Crippen LogP contribution in [0.2, 0.25) is 0 Å². The molecule has 3 heteroatoms. The summed E-state index contributed by atoms with van der Waals surface area (Å²) in [6, 6.07) is 0. The van der Waals surface area contributed by atoms with Gasteiger partial charge in [0.2, 0.25) is 5.91 Å². The van der Waals surface area contributed by atoms with Crippen LogP contribution in [0.4, 0.5) is 4.39 Å². The number of alkyl halides is 1. The molecule has 2 nitrogen and oxygen atoms in total. The van der Waals surface area contributed by atoms with E-state index >= 15 is 0 Å². The highest BCUT2D eigenvalue weighted by atomic mass is 19.1. The predicted molar refractivity (Wildman–Crippen MR) is 130 cm³/mol. The second-order valence-corrected chi connectivity index (χ2v) is 8.78. The van der Waals surface area contributed by atoms with Gasteiger partial charge in [0.1, 0.15) is 6.67 Å². The number of halogens is 1. The van der Waals surface area contributed by atoms with Gasteiger partial charge in [-0.15, -0.1) is 0 Å². The maximum Gasteiger partial charge on any atom is 0.222 e. The zero-order chi connectivity index (χ0) is 22.5. The first-order chi connectivity index (χ1) is 14.4. The molecule has 1 unspecified atom stereocenters. The Hall–Kier alpha value is -1.64. The lowest BCUT2D eigenvalue weighted by Crippen LogP contribution is -2.30. The second-order valence-electron chi connectivity index (χ2n) is 8.78. The molecule has 0 aliphatic rings. The Balaban J connectivity index is 3.79. The largest absolute Gasteiger partial charge is 0.353 e. The van der Waals surface area contributed by atoms with Crippen molar-refractivity contribution in [3.05, 3.63) is 48.6 Å². The van der Waals surface area contributed by atoms with E-state index in [2.05, 4.69) is 74.7 Å². The number of allylic oxidation sites excluding steroid dienone is 8. The van der Waals surface area contributed by atoms with Crippen LogP contribution in [0, 0.1) is 11.3 Å². The molecule has 1 amide bonds. The topological polar surface area (TPSA) is 29.1 Å². The molecular weight excluding hydrogens is 373 g/mol. The van der Waals surface area contributed by atoms with Crippen molar-refractivity contribution in [1.29, 1.82) is 0 Å². The molecule has 0 aromatic carbocycles. The van der Waals surface area contributed by atoms with Gasteiger partial charge in [-0.3, -0.25) is 4.79 Å². The van der Waals surface area contributed by atoms with E-state index in [9.17, 15) is 9.18 Å². The fraction of sp³-hybridized carbons (Fsp3) is 0.667. The molecule has 0 saturated carbocycles. The van der Waals surface area contributed by atoms with Crippen LogP contribution < -0.4 is 5.32 Å². The van der Waals surface area contributed by atoms with Gasteiger partial charge in [-0.1, -0.05) is 102 Å². The fourth-order valence-corrected chi connectivity index (χ4v) is 3.13. The number of unbranched alkanes of at least 4 members (excludes halogenated alkanes) is 3. The molecule has 1 N–H and O–H groups in total. The SMILES string of the molecule is CCCCCCC(C)(C)/C=C\C/C=C\C/C=C\C/C=C\CCC(C)C(=O)NCCF. The molecule has 0 spiro atoms. The van der Waals surface area contributed by atoms with Gasteiger partial charge in [-0.05, 0) is 43.9 Å². The summed E-state index contributed by atoms with van der Waals surface area (Å²) in [5.41, 5.74) is 0.309. The Kier molecular flexibility index (Phi) is 18.3. The minimum Gasteiger partial charge on any atom is -0.353 e. The molecule has 0 bridgehead atoms. The molecular formula is C27H46FNO. The van der Waals surface area contributed by atoms with Crippen molar-refractivity contribution in [1.82, 2.24) is 5.32 Å². The molecule has 0 aliphatic carbocycles. The molecule has 0 fully saturated rings. The Morgan fingerprint density at radius 1 is 0.933 bits per heavy atom. The smallest absolute Gasteiger partial charge is 0.222 e. The van der Waals surface area contributed by atoms with Crippen LogP contribution in [-0.4, -0.2) is 19.1 Å². The van der Waals surface area contributed by atoms with Crippen molar-refractivity contribution in [2.24, 2.45) is 11.3 Å². The van der Waals surface area contributed by atoms with Crippen molar-refractivity contribution in [3.8, 4) is 0 Å². The summed E-state index contributed by atoms with van der Waals surface area (Å²) in [4.78, 5) is 11.6. The summed E-state index contributed by atoms with van der Waals surface area (Å²) in [6.45, 7) is 8.42. The zero-order valence-electron chi connectivity index (χ0n) is 20.0. The van der Waals surface area contributed by atoms with Gasteiger partial charge >= 0.3 is 0 Å². The van der Waals surface area contributed by atoms with Crippen LogP contribution in [0.1, 0.15) is 91.9 Å². The first-order valence-corrected chi connectivity index (χ1v) is 11.9. The molecule has 0 rings (SSSR count). The van der Waals surface area contributed by atoms with Crippen molar-refractivity contribution >= 4 is 5.91 Å². The summed E-state index contributed by atoms with van der Waals surface area (Å²) in [6.07, 6.45) is 28.9. The van der Waals surface area contributed by atoms with Gasteiger partial charge in [-0.25, -0.2) is 4.39 Å². The highest BCUT2D eigenvalue weighted by Crippen LogP contribution is 2.25. The van der Waals surface area contributed by atoms with Crippen LogP contribution in [0.5, 0.6) is 0 Å². The molecule has 1 atom stereocenters. The van der Waals surface area contributed by atoms with E-state index in [4.69, 9.17) is 0 Å². The molecule has 0 aromatic heterocycles. The monoisotopic (exact) mass is 419 g/mol. The predicted octanol–water partition coefficient (Wildman–Crippen LogP) is 7.88. The molecule has 0 saturated heterocycles. The lowest BCUT2D eigenvalue weighted by atomic mass is 9.86. The summed E-state index contributed by atoms with van der Waals surface area (Å²) in [5.74, 6) is -0.124. The average molecular weight is 420 g/mol. The van der Waals surface area contributed by atoms with Crippen molar-refractivity contribution in [2.75, 3.05) is 13.2 Å². The van der Waals surface area contributed by atoms with Crippen LogP contribution >= 0.6 is 0 Å². The van der Waals surface area contributed by atoms with Gasteiger partial charge in [0.15, 0.2) is 0 Å². The number of amides is 1. The molecule has 0 aliphatic heterocycles. The number of hydrogen-bond acceptors (Lipinski definition) is 1. The highest BCUT2D eigenvalue weighted by Gasteiger charge is 2.12. The summed E-state index contributed by atoms with van der Waals surface area (Å²) < 4.78 is 12.0. The lowest BCUT2D eigenvalue weighted by Gasteiger charge is -2.19. The third-order valence-corrected chi connectivity index (χ3v) is 5.17. The maximum absolute atomic E-state index is 12.0. The molecule has 0 heterocycles. The Labute approximate surface area is 185 Å². The molecule has 30 heavy (non-hydrogen) atoms. The lowest BCUT2D eigenvalue weighted by molar-refractivity contribution is -0.124. The Morgan fingerprint density at radius 3 is 2.13 bits per heavy atom. The summed E-state index contributed by atoms with van der Waals surface area (Å²) in [7, 11) is 0. The van der Waals surface area contributed by atoms with E-state index in [1.54, 1.807) is 0 Å². The van der Waals surface area contributed by atoms with Gasteiger partial charge in [0, 0.05) is 12.5 Å². The number of hydrogen-bond donors (Lipinski definition) is 1. The number of carbonyl (C=O) groups excluding carboxylic acids is 1. The maximum atomic E-state index is 12.0. The minimum absolute atomic E-state index is 0.0573. The van der Waals surface area contributed by atoms with Crippen molar-refractivity contribution < 1.29 is 9.18 Å². The number of nitrogens with one attached hydrogen (secondary N) is 1. The zero-order valence-corrected chi connectivity index (χ0v) is 20.0.